The van der Waals surface area contributed by atoms with Crippen molar-refractivity contribution in [3.05, 3.63) is 29.8 Å². The van der Waals surface area contributed by atoms with E-state index in [1.165, 1.54) is 0 Å². The molecule has 0 aromatic heterocycles. The van der Waals surface area contributed by atoms with E-state index in [2.05, 4.69) is 0 Å². The second-order valence-electron chi connectivity index (χ2n) is 3.59. The second kappa shape index (κ2) is 3.97. The van der Waals surface area contributed by atoms with Crippen LogP contribution in [0, 0.1) is 0 Å². The van der Waals surface area contributed by atoms with Crippen molar-refractivity contribution in [2.75, 3.05) is 13.3 Å². The van der Waals surface area contributed by atoms with E-state index in [0.717, 1.165) is 5.30 Å². The lowest BCUT2D eigenvalue weighted by molar-refractivity contribution is -0.136. The van der Waals surface area contributed by atoms with Crippen LogP contribution in [0.5, 0.6) is 0 Å². The third-order valence-corrected chi connectivity index (χ3v) is 3.41. The van der Waals surface area contributed by atoms with Crippen molar-refractivity contribution in [2.45, 2.75) is 6.42 Å². The number of hydrogen-bond donors (Lipinski definition) is 1. The largest absolute Gasteiger partial charge is 0.481 e. The lowest BCUT2D eigenvalue weighted by Gasteiger charge is -2.07. The normalized spacial score (nSPS) is 11.3. The minimum Gasteiger partial charge on any atom is -0.481 e. The van der Waals surface area contributed by atoms with Gasteiger partial charge in [-0.1, -0.05) is 18.2 Å². The van der Waals surface area contributed by atoms with Crippen LogP contribution in [0.4, 0.5) is 0 Å². The van der Waals surface area contributed by atoms with Gasteiger partial charge >= 0.3 is 5.97 Å². The molecular weight excluding hydrogens is 199 g/mol. The lowest BCUT2D eigenvalue weighted by atomic mass is 10.2. The molecule has 1 N–H and O–H groups in total. The van der Waals surface area contributed by atoms with Crippen molar-refractivity contribution in [3.63, 3.8) is 0 Å². The van der Waals surface area contributed by atoms with E-state index in [4.69, 9.17) is 5.11 Å². The van der Waals surface area contributed by atoms with Crippen molar-refractivity contribution >= 4 is 18.4 Å². The Balaban J connectivity index is 3.02. The molecule has 0 aliphatic heterocycles. The summed E-state index contributed by atoms with van der Waals surface area (Å²) in [6.45, 7) is 3.35. The van der Waals surface area contributed by atoms with Crippen LogP contribution < -0.4 is 5.30 Å². The molecule has 0 atom stereocenters. The molecule has 1 aromatic carbocycles. The topological polar surface area (TPSA) is 54.4 Å². The Labute approximate surface area is 83.1 Å². The van der Waals surface area contributed by atoms with Crippen molar-refractivity contribution in [3.8, 4) is 0 Å². The molecule has 0 fully saturated rings. The first-order valence-electron chi connectivity index (χ1n) is 4.26. The predicted molar refractivity (Wildman–Crippen MR) is 56.9 cm³/mol. The fraction of sp³-hybridized carbons (Fsp3) is 0.300. The third-order valence-electron chi connectivity index (χ3n) is 1.89. The average molecular weight is 212 g/mol. The van der Waals surface area contributed by atoms with Crippen LogP contribution in [-0.4, -0.2) is 24.4 Å². The molecule has 0 heterocycles. The van der Waals surface area contributed by atoms with Gasteiger partial charge in [0.15, 0.2) is 0 Å². The lowest BCUT2D eigenvalue weighted by Crippen LogP contribution is -2.06. The van der Waals surface area contributed by atoms with Gasteiger partial charge in [-0.2, -0.15) is 0 Å². The number of rotatable bonds is 3. The number of benzene rings is 1. The number of hydrogen-bond acceptors (Lipinski definition) is 2. The fourth-order valence-corrected chi connectivity index (χ4v) is 2.10. The number of carboxylic acid groups (broad SMARTS) is 1. The third kappa shape index (κ3) is 3.00. The smallest absolute Gasteiger partial charge is 0.307 e. The van der Waals surface area contributed by atoms with Crippen LogP contribution in [-0.2, 0) is 15.8 Å². The molecule has 0 saturated carbocycles. The highest BCUT2D eigenvalue weighted by Crippen LogP contribution is 2.34. The summed E-state index contributed by atoms with van der Waals surface area (Å²) in [6, 6.07) is 6.95. The second-order valence-corrected chi connectivity index (χ2v) is 6.81. The van der Waals surface area contributed by atoms with E-state index in [1.54, 1.807) is 37.6 Å². The monoisotopic (exact) mass is 212 g/mol. The molecule has 0 aliphatic rings. The van der Waals surface area contributed by atoms with Crippen LogP contribution in [0.1, 0.15) is 5.56 Å². The quantitative estimate of drug-likeness (QED) is 0.773. The summed E-state index contributed by atoms with van der Waals surface area (Å²) in [5.74, 6) is -0.871. The first-order valence-corrected chi connectivity index (χ1v) is 6.86. The Morgan fingerprint density at radius 3 is 2.57 bits per heavy atom. The first kappa shape index (κ1) is 11.0. The van der Waals surface area contributed by atoms with E-state index in [-0.39, 0.29) is 6.42 Å². The molecule has 0 unspecified atom stereocenters. The summed E-state index contributed by atoms with van der Waals surface area (Å²) in [5.41, 5.74) is 0.693. The zero-order valence-electron chi connectivity index (χ0n) is 8.23. The first-order chi connectivity index (χ1) is 6.39. The minimum absolute atomic E-state index is 0.0200. The molecule has 4 heteroatoms. The molecule has 14 heavy (non-hydrogen) atoms. The molecule has 1 rings (SSSR count). The van der Waals surface area contributed by atoms with Gasteiger partial charge in [0.2, 0.25) is 0 Å². The summed E-state index contributed by atoms with van der Waals surface area (Å²) in [7, 11) is -2.28. The van der Waals surface area contributed by atoms with Gasteiger partial charge in [-0.3, -0.25) is 4.79 Å². The van der Waals surface area contributed by atoms with E-state index in [1.807, 2.05) is 0 Å². The number of carbonyl (C=O) groups is 1. The maximum atomic E-state index is 11.7. The molecule has 0 saturated heterocycles. The Morgan fingerprint density at radius 1 is 1.43 bits per heavy atom. The van der Waals surface area contributed by atoms with Gasteiger partial charge in [0, 0.05) is 5.30 Å². The van der Waals surface area contributed by atoms with Gasteiger partial charge in [0.25, 0.3) is 0 Å². The molecule has 0 bridgehead atoms. The van der Waals surface area contributed by atoms with Gasteiger partial charge < -0.3 is 9.67 Å². The molecule has 0 aliphatic carbocycles. The summed E-state index contributed by atoms with van der Waals surface area (Å²) < 4.78 is 11.7. The van der Waals surface area contributed by atoms with Crippen LogP contribution in [0.2, 0.25) is 0 Å². The van der Waals surface area contributed by atoms with Gasteiger partial charge in [-0.15, -0.1) is 0 Å². The van der Waals surface area contributed by atoms with Gasteiger partial charge in [0.1, 0.15) is 7.14 Å². The molecule has 1 aromatic rings. The molecular formula is C10H13O3P. The van der Waals surface area contributed by atoms with Crippen LogP contribution >= 0.6 is 7.14 Å². The highest BCUT2D eigenvalue weighted by Gasteiger charge is 2.11. The van der Waals surface area contributed by atoms with Crippen molar-refractivity contribution in [2.24, 2.45) is 0 Å². The number of carboxylic acids is 1. The van der Waals surface area contributed by atoms with Gasteiger partial charge in [0.05, 0.1) is 6.42 Å². The fourth-order valence-electron chi connectivity index (χ4n) is 1.18. The highest BCUT2D eigenvalue weighted by atomic mass is 31.2. The summed E-state index contributed by atoms with van der Waals surface area (Å²) in [5, 5.41) is 9.32. The van der Waals surface area contributed by atoms with Crippen LogP contribution in [0.25, 0.3) is 0 Å². The maximum absolute atomic E-state index is 11.7. The number of aliphatic carboxylic acids is 1. The van der Waals surface area contributed by atoms with E-state index < -0.39 is 13.1 Å². The Hall–Kier alpha value is -1.08. The van der Waals surface area contributed by atoms with Crippen molar-refractivity contribution < 1.29 is 14.5 Å². The molecule has 0 amide bonds. The molecule has 0 spiro atoms. The zero-order chi connectivity index (χ0) is 10.8. The van der Waals surface area contributed by atoms with Crippen LogP contribution in [0.15, 0.2) is 24.3 Å². The molecule has 76 valence electrons. The van der Waals surface area contributed by atoms with E-state index in [0.29, 0.717) is 5.56 Å². The zero-order valence-corrected chi connectivity index (χ0v) is 9.12. The van der Waals surface area contributed by atoms with Gasteiger partial charge in [-0.05, 0) is 25.0 Å². The van der Waals surface area contributed by atoms with E-state index in [9.17, 15) is 9.36 Å². The predicted octanol–water partition coefficient (Wildman–Crippen LogP) is 1.56. The summed E-state index contributed by atoms with van der Waals surface area (Å²) in [6.07, 6.45) is -0.0200. The average Bonchev–Trinajstić information content (AvgIpc) is 2.01. The van der Waals surface area contributed by atoms with Crippen molar-refractivity contribution in [1.29, 1.82) is 0 Å². The Kier molecular flexibility index (Phi) is 3.12. The van der Waals surface area contributed by atoms with Crippen LogP contribution in [0.3, 0.4) is 0 Å². The Morgan fingerprint density at radius 2 is 2.07 bits per heavy atom. The summed E-state index contributed by atoms with van der Waals surface area (Å²) >= 11 is 0. The molecule has 3 nitrogen and oxygen atoms in total. The summed E-state index contributed by atoms with van der Waals surface area (Å²) in [4.78, 5) is 10.5. The van der Waals surface area contributed by atoms with Crippen molar-refractivity contribution in [1.82, 2.24) is 0 Å². The maximum Gasteiger partial charge on any atom is 0.307 e. The molecule has 0 radical (unpaired) electrons. The van der Waals surface area contributed by atoms with E-state index >= 15 is 0 Å². The van der Waals surface area contributed by atoms with Gasteiger partial charge in [-0.25, -0.2) is 0 Å². The highest BCUT2D eigenvalue weighted by molar-refractivity contribution is 7.70. The standard InChI is InChI=1S/C10H13O3P/c1-14(2,13)9-5-3-4-8(6-9)7-10(11)12/h3-6H,7H2,1-2H3,(H,11,12). The Bertz CT molecular complexity index is 392. The SMILES string of the molecule is CP(C)(=O)c1cccc(CC(=O)O)c1. The minimum atomic E-state index is -2.28.